The Kier molecular flexibility index (Phi) is 6.81. The molecule has 0 amide bonds. The highest BCUT2D eigenvalue weighted by atomic mass is 32.2. The number of pyridine rings is 1. The van der Waals surface area contributed by atoms with Crippen molar-refractivity contribution in [3.63, 3.8) is 0 Å². The summed E-state index contributed by atoms with van der Waals surface area (Å²) in [7, 11) is 0. The highest BCUT2D eigenvalue weighted by molar-refractivity contribution is 8.00. The average molecular weight is 422 g/mol. The molecular weight excluding hydrogens is 394 g/mol. The number of thioether (sulfide) groups is 2. The number of fused-ring (bicyclic) bond motifs is 1. The molecule has 3 heterocycles. The average Bonchev–Trinajstić information content (AvgIpc) is 3.24. The number of hydrogen-bond acceptors (Lipinski definition) is 8. The van der Waals surface area contributed by atoms with E-state index in [1.54, 1.807) is 11.3 Å². The Morgan fingerprint density at radius 1 is 1.19 bits per heavy atom. The van der Waals surface area contributed by atoms with Crippen molar-refractivity contribution >= 4 is 51.6 Å². The van der Waals surface area contributed by atoms with Gasteiger partial charge < -0.3 is 16.0 Å². The SMILES string of the molecule is CSCCNc1cc(SC2CCNCC2)cc(Nc2nc3c(s2)CCC3)n1. The van der Waals surface area contributed by atoms with Crippen molar-refractivity contribution in [3.8, 4) is 0 Å². The molecule has 0 radical (unpaired) electrons. The van der Waals surface area contributed by atoms with E-state index in [0.717, 1.165) is 48.6 Å². The first-order valence-electron chi connectivity index (χ1n) is 9.68. The molecule has 1 saturated heterocycles. The molecule has 0 unspecified atom stereocenters. The summed E-state index contributed by atoms with van der Waals surface area (Å²) in [6.45, 7) is 3.18. The minimum Gasteiger partial charge on any atom is -0.369 e. The van der Waals surface area contributed by atoms with Crippen LogP contribution in [0, 0.1) is 0 Å². The summed E-state index contributed by atoms with van der Waals surface area (Å²) in [5.74, 6) is 2.93. The number of aromatic nitrogens is 2. The number of nitrogens with one attached hydrogen (secondary N) is 3. The predicted molar refractivity (Wildman–Crippen MR) is 120 cm³/mol. The number of nitrogens with zero attached hydrogens (tertiary/aromatic N) is 2. The van der Waals surface area contributed by atoms with Gasteiger partial charge in [0, 0.05) is 27.3 Å². The van der Waals surface area contributed by atoms with Gasteiger partial charge in [0.1, 0.15) is 11.6 Å². The number of thiazole rings is 1. The molecule has 0 atom stereocenters. The van der Waals surface area contributed by atoms with E-state index in [-0.39, 0.29) is 0 Å². The van der Waals surface area contributed by atoms with E-state index in [9.17, 15) is 0 Å². The maximum absolute atomic E-state index is 4.79. The van der Waals surface area contributed by atoms with Crippen LogP contribution in [-0.4, -0.2) is 46.9 Å². The highest BCUT2D eigenvalue weighted by Gasteiger charge is 2.18. The molecule has 2 aliphatic rings. The summed E-state index contributed by atoms with van der Waals surface area (Å²) < 4.78 is 0. The molecule has 0 bridgehead atoms. The molecule has 27 heavy (non-hydrogen) atoms. The van der Waals surface area contributed by atoms with Gasteiger partial charge in [0.2, 0.25) is 0 Å². The quantitative estimate of drug-likeness (QED) is 0.546. The Morgan fingerprint density at radius 3 is 2.85 bits per heavy atom. The van der Waals surface area contributed by atoms with Gasteiger partial charge in [-0.3, -0.25) is 0 Å². The summed E-state index contributed by atoms with van der Waals surface area (Å²) in [6.07, 6.45) is 8.13. The Morgan fingerprint density at radius 2 is 2.04 bits per heavy atom. The molecule has 146 valence electrons. The van der Waals surface area contributed by atoms with Crippen molar-refractivity contribution in [2.75, 3.05) is 42.3 Å². The molecule has 1 aliphatic heterocycles. The van der Waals surface area contributed by atoms with E-state index >= 15 is 0 Å². The van der Waals surface area contributed by atoms with E-state index in [2.05, 4.69) is 34.3 Å². The van der Waals surface area contributed by atoms with Gasteiger partial charge in [-0.25, -0.2) is 9.97 Å². The van der Waals surface area contributed by atoms with Crippen molar-refractivity contribution in [2.45, 2.75) is 42.2 Å². The molecule has 1 aliphatic carbocycles. The fraction of sp³-hybridized carbons (Fsp3) is 0.579. The molecule has 8 heteroatoms. The van der Waals surface area contributed by atoms with Crippen molar-refractivity contribution in [3.05, 3.63) is 22.7 Å². The zero-order chi connectivity index (χ0) is 18.5. The molecule has 2 aromatic rings. The van der Waals surface area contributed by atoms with Gasteiger partial charge >= 0.3 is 0 Å². The largest absolute Gasteiger partial charge is 0.369 e. The minimum absolute atomic E-state index is 0.684. The van der Waals surface area contributed by atoms with Gasteiger partial charge in [0.05, 0.1) is 5.69 Å². The molecule has 2 aromatic heterocycles. The fourth-order valence-corrected chi connectivity index (χ4v) is 6.05. The Labute approximate surface area is 173 Å². The standard InChI is InChI=1S/C19H27N5S3/c1-25-10-9-21-17-11-14(26-13-5-7-20-8-6-13)12-18(23-17)24-19-22-15-3-2-4-16(15)27-19/h11-13,20H,2-10H2,1H3,(H2,21,22,23,24). The third-order valence-corrected chi connectivity index (χ3v) is 7.83. The molecule has 5 nitrogen and oxygen atoms in total. The van der Waals surface area contributed by atoms with Gasteiger partial charge in [-0.05, 0) is 63.6 Å². The Balaban J connectivity index is 1.50. The lowest BCUT2D eigenvalue weighted by Crippen LogP contribution is -2.29. The van der Waals surface area contributed by atoms with Crippen LogP contribution in [0.25, 0.3) is 0 Å². The van der Waals surface area contributed by atoms with Gasteiger partial charge in [0.25, 0.3) is 0 Å². The second-order valence-electron chi connectivity index (χ2n) is 6.93. The molecule has 4 rings (SSSR count). The van der Waals surface area contributed by atoms with E-state index in [0.29, 0.717) is 5.25 Å². The summed E-state index contributed by atoms with van der Waals surface area (Å²) in [5.41, 5.74) is 1.28. The summed E-state index contributed by atoms with van der Waals surface area (Å²) in [5, 5.41) is 12.1. The lowest BCUT2D eigenvalue weighted by Gasteiger charge is -2.22. The van der Waals surface area contributed by atoms with Crippen molar-refractivity contribution in [1.29, 1.82) is 0 Å². The Hall–Kier alpha value is -0.960. The predicted octanol–water partition coefficient (Wildman–Crippen LogP) is 4.39. The lowest BCUT2D eigenvalue weighted by atomic mass is 10.2. The normalized spacial score (nSPS) is 17.1. The molecule has 0 saturated carbocycles. The monoisotopic (exact) mass is 421 g/mol. The molecule has 0 aromatic carbocycles. The Bertz CT molecular complexity index is 736. The smallest absolute Gasteiger partial charge is 0.188 e. The van der Waals surface area contributed by atoms with Crippen molar-refractivity contribution < 1.29 is 0 Å². The van der Waals surface area contributed by atoms with Crippen LogP contribution in [0.1, 0.15) is 29.8 Å². The van der Waals surface area contributed by atoms with Crippen LogP contribution < -0.4 is 16.0 Å². The maximum atomic E-state index is 4.79. The molecule has 1 fully saturated rings. The van der Waals surface area contributed by atoms with E-state index in [1.807, 2.05) is 23.5 Å². The lowest BCUT2D eigenvalue weighted by molar-refractivity contribution is 0.531. The number of anilines is 3. The van der Waals surface area contributed by atoms with E-state index < -0.39 is 0 Å². The molecular formula is C19H27N5S3. The van der Waals surface area contributed by atoms with E-state index in [1.165, 1.54) is 41.1 Å². The second-order valence-corrected chi connectivity index (χ2v) is 10.4. The molecule has 0 spiro atoms. The third kappa shape index (κ3) is 5.31. The van der Waals surface area contributed by atoms with Crippen LogP contribution >= 0.6 is 34.9 Å². The zero-order valence-electron chi connectivity index (χ0n) is 15.7. The first-order valence-corrected chi connectivity index (χ1v) is 12.8. The van der Waals surface area contributed by atoms with Crippen LogP contribution in [-0.2, 0) is 12.8 Å². The second kappa shape index (κ2) is 9.49. The van der Waals surface area contributed by atoms with Gasteiger partial charge in [-0.1, -0.05) is 0 Å². The minimum atomic E-state index is 0.684. The van der Waals surface area contributed by atoms with Gasteiger partial charge in [0.15, 0.2) is 5.13 Å². The number of piperidine rings is 1. The highest BCUT2D eigenvalue weighted by Crippen LogP contribution is 2.35. The summed E-state index contributed by atoms with van der Waals surface area (Å²) >= 11 is 5.62. The first kappa shape index (κ1) is 19.4. The van der Waals surface area contributed by atoms with Gasteiger partial charge in [-0.2, -0.15) is 11.8 Å². The van der Waals surface area contributed by atoms with Crippen LogP contribution in [0.3, 0.4) is 0 Å². The van der Waals surface area contributed by atoms with Crippen LogP contribution in [0.2, 0.25) is 0 Å². The maximum Gasteiger partial charge on any atom is 0.188 e. The summed E-state index contributed by atoms with van der Waals surface area (Å²) in [4.78, 5) is 12.3. The summed E-state index contributed by atoms with van der Waals surface area (Å²) in [6, 6.07) is 4.37. The zero-order valence-corrected chi connectivity index (χ0v) is 18.2. The van der Waals surface area contributed by atoms with Crippen LogP contribution in [0.4, 0.5) is 16.8 Å². The van der Waals surface area contributed by atoms with Crippen molar-refractivity contribution in [1.82, 2.24) is 15.3 Å². The number of rotatable bonds is 8. The first-order chi connectivity index (χ1) is 13.3. The van der Waals surface area contributed by atoms with Crippen LogP contribution in [0.5, 0.6) is 0 Å². The third-order valence-electron chi connectivity index (χ3n) is 4.83. The number of hydrogen-bond donors (Lipinski definition) is 3. The van der Waals surface area contributed by atoms with E-state index in [4.69, 9.17) is 9.97 Å². The number of aryl methyl sites for hydroxylation is 2. The van der Waals surface area contributed by atoms with Gasteiger partial charge in [-0.15, -0.1) is 23.1 Å². The molecule has 3 N–H and O–H groups in total. The topological polar surface area (TPSA) is 61.9 Å². The van der Waals surface area contributed by atoms with Crippen molar-refractivity contribution in [2.24, 2.45) is 0 Å². The fourth-order valence-electron chi connectivity index (χ4n) is 3.47. The van der Waals surface area contributed by atoms with Crippen LogP contribution in [0.15, 0.2) is 17.0 Å².